The van der Waals surface area contributed by atoms with E-state index in [-0.39, 0.29) is 18.3 Å². The van der Waals surface area contributed by atoms with Crippen LogP contribution in [0, 0.1) is 5.82 Å². The summed E-state index contributed by atoms with van der Waals surface area (Å²) in [5, 5.41) is 14.1. The van der Waals surface area contributed by atoms with E-state index in [0.717, 1.165) is 12.8 Å². The minimum atomic E-state index is -0.371. The average Bonchev–Trinajstić information content (AvgIpc) is 3.09. The van der Waals surface area contributed by atoms with Crippen molar-refractivity contribution >= 4 is 5.91 Å². The van der Waals surface area contributed by atoms with E-state index in [2.05, 4.69) is 20.8 Å². The second-order valence-corrected chi connectivity index (χ2v) is 5.60. The van der Waals surface area contributed by atoms with Crippen LogP contribution in [0.4, 0.5) is 4.39 Å². The van der Waals surface area contributed by atoms with Gasteiger partial charge in [0.1, 0.15) is 5.82 Å². The molecule has 0 unspecified atom stereocenters. The van der Waals surface area contributed by atoms with Gasteiger partial charge in [0.2, 0.25) is 5.91 Å². The zero-order valence-corrected chi connectivity index (χ0v) is 13.6. The van der Waals surface area contributed by atoms with Gasteiger partial charge in [-0.2, -0.15) is 4.68 Å². The number of nitrogens with zero attached hydrogens (tertiary/aromatic N) is 4. The predicted molar refractivity (Wildman–Crippen MR) is 90.3 cm³/mol. The highest BCUT2D eigenvalue weighted by atomic mass is 19.1. The average molecular weight is 339 g/mol. The highest BCUT2D eigenvalue weighted by Gasteiger charge is 2.10. The first-order valence-corrected chi connectivity index (χ1v) is 8.06. The van der Waals surface area contributed by atoms with E-state index in [1.54, 1.807) is 12.1 Å². The predicted octanol–water partition coefficient (Wildman–Crippen LogP) is 2.44. The molecule has 1 N–H and O–H groups in total. The molecule has 7 heteroatoms. The molecule has 0 aliphatic heterocycles. The van der Waals surface area contributed by atoms with Crippen LogP contribution in [0.2, 0.25) is 0 Å². The van der Waals surface area contributed by atoms with E-state index in [9.17, 15) is 9.18 Å². The number of nitrogens with one attached hydrogen (secondary N) is 1. The third kappa shape index (κ3) is 4.69. The number of aryl methyl sites for hydroxylation is 1. The van der Waals surface area contributed by atoms with Crippen LogP contribution in [0.3, 0.4) is 0 Å². The Hall–Kier alpha value is -3.09. The van der Waals surface area contributed by atoms with E-state index in [0.29, 0.717) is 17.9 Å². The van der Waals surface area contributed by atoms with E-state index in [4.69, 9.17) is 0 Å². The van der Waals surface area contributed by atoms with Crippen molar-refractivity contribution in [1.29, 1.82) is 0 Å². The van der Waals surface area contributed by atoms with Crippen LogP contribution >= 0.6 is 0 Å². The molecule has 6 nitrogen and oxygen atoms in total. The molecule has 0 fully saturated rings. The summed E-state index contributed by atoms with van der Waals surface area (Å²) in [6.07, 6.45) is 2.05. The first kappa shape index (κ1) is 16.8. The van der Waals surface area contributed by atoms with Gasteiger partial charge >= 0.3 is 0 Å². The fourth-order valence-corrected chi connectivity index (χ4v) is 2.49. The Morgan fingerprint density at radius 2 is 1.96 bits per heavy atom. The third-order valence-electron chi connectivity index (χ3n) is 3.74. The van der Waals surface area contributed by atoms with Crippen molar-refractivity contribution in [1.82, 2.24) is 25.5 Å². The molecular formula is C18H18FN5O. The molecule has 0 saturated heterocycles. The van der Waals surface area contributed by atoms with Gasteiger partial charge in [-0.3, -0.25) is 4.79 Å². The molecule has 3 rings (SSSR count). The van der Waals surface area contributed by atoms with E-state index in [1.807, 2.05) is 30.3 Å². The van der Waals surface area contributed by atoms with Crippen molar-refractivity contribution in [2.45, 2.75) is 25.8 Å². The van der Waals surface area contributed by atoms with Gasteiger partial charge in [-0.25, -0.2) is 4.39 Å². The summed E-state index contributed by atoms with van der Waals surface area (Å²) >= 11 is 0. The number of tetrazole rings is 1. The largest absolute Gasteiger partial charge is 0.349 e. The van der Waals surface area contributed by atoms with Crippen LogP contribution in [0.1, 0.15) is 24.2 Å². The van der Waals surface area contributed by atoms with Crippen LogP contribution in [-0.2, 0) is 17.8 Å². The van der Waals surface area contributed by atoms with E-state index >= 15 is 0 Å². The summed E-state index contributed by atoms with van der Waals surface area (Å²) < 4.78 is 14.7. The maximum absolute atomic E-state index is 13.3. The highest BCUT2D eigenvalue weighted by molar-refractivity contribution is 5.75. The second-order valence-electron chi connectivity index (χ2n) is 5.60. The fourth-order valence-electron chi connectivity index (χ4n) is 2.49. The quantitative estimate of drug-likeness (QED) is 0.718. The number of benzene rings is 2. The summed E-state index contributed by atoms with van der Waals surface area (Å²) in [6, 6.07) is 16.0. The van der Waals surface area contributed by atoms with Crippen molar-refractivity contribution in [2.75, 3.05) is 0 Å². The normalized spacial score (nSPS) is 10.6. The summed E-state index contributed by atoms with van der Waals surface area (Å²) in [5.74, 6) is 0.00984. The van der Waals surface area contributed by atoms with Crippen molar-refractivity contribution in [3.63, 3.8) is 0 Å². The molecule has 0 aliphatic rings. The Bertz CT molecular complexity index is 834. The Kier molecular flexibility index (Phi) is 5.46. The number of hydrogen-bond acceptors (Lipinski definition) is 4. The monoisotopic (exact) mass is 339 g/mol. The van der Waals surface area contributed by atoms with Gasteiger partial charge < -0.3 is 5.32 Å². The minimum absolute atomic E-state index is 0.0651. The van der Waals surface area contributed by atoms with Gasteiger partial charge in [-0.1, -0.05) is 36.4 Å². The zero-order chi connectivity index (χ0) is 17.5. The molecule has 0 saturated carbocycles. The maximum atomic E-state index is 13.3. The first-order valence-electron chi connectivity index (χ1n) is 8.06. The van der Waals surface area contributed by atoms with E-state index in [1.165, 1.54) is 22.4 Å². The third-order valence-corrected chi connectivity index (χ3v) is 3.74. The number of hydrogen-bond donors (Lipinski definition) is 1. The number of amides is 1. The van der Waals surface area contributed by atoms with Gasteiger partial charge in [-0.05, 0) is 47.0 Å². The molecule has 25 heavy (non-hydrogen) atoms. The van der Waals surface area contributed by atoms with Gasteiger partial charge in [0.25, 0.3) is 0 Å². The molecule has 0 spiro atoms. The standard InChI is InChI=1S/C18H18FN5O/c19-15-9-5-10-16(12-15)24-17(21-22-23-24)13-20-18(25)11-4-8-14-6-2-1-3-7-14/h1-3,5-7,9-10,12H,4,8,11,13H2,(H,20,25). The van der Waals surface area contributed by atoms with Crippen molar-refractivity contribution in [2.24, 2.45) is 0 Å². The number of carbonyl (C=O) groups is 1. The summed E-state index contributed by atoms with van der Waals surface area (Å²) in [5.41, 5.74) is 1.73. The Morgan fingerprint density at radius 3 is 2.76 bits per heavy atom. The van der Waals surface area contributed by atoms with Gasteiger partial charge in [0.05, 0.1) is 12.2 Å². The van der Waals surface area contributed by atoms with Crippen LogP contribution in [0.15, 0.2) is 54.6 Å². The van der Waals surface area contributed by atoms with Crippen LogP contribution < -0.4 is 5.32 Å². The lowest BCUT2D eigenvalue weighted by molar-refractivity contribution is -0.121. The minimum Gasteiger partial charge on any atom is -0.349 e. The molecule has 2 aromatic carbocycles. The molecule has 0 radical (unpaired) electrons. The lowest BCUT2D eigenvalue weighted by atomic mass is 10.1. The second kappa shape index (κ2) is 8.14. The molecule has 1 heterocycles. The Labute approximate surface area is 144 Å². The maximum Gasteiger partial charge on any atom is 0.220 e. The van der Waals surface area contributed by atoms with Crippen molar-refractivity contribution in [3.05, 3.63) is 71.8 Å². The Morgan fingerprint density at radius 1 is 1.12 bits per heavy atom. The van der Waals surface area contributed by atoms with Gasteiger partial charge in [0, 0.05) is 6.42 Å². The summed E-state index contributed by atoms with van der Waals surface area (Å²) in [4.78, 5) is 12.0. The number of carbonyl (C=O) groups excluding carboxylic acids is 1. The number of aromatic nitrogens is 4. The number of halogens is 1. The molecule has 0 aliphatic carbocycles. The Balaban J connectivity index is 1.50. The topological polar surface area (TPSA) is 72.7 Å². The molecule has 3 aromatic rings. The smallest absolute Gasteiger partial charge is 0.220 e. The summed E-state index contributed by atoms with van der Waals surface area (Å²) in [7, 11) is 0. The van der Waals surface area contributed by atoms with Crippen LogP contribution in [0.25, 0.3) is 5.69 Å². The molecule has 128 valence electrons. The molecular weight excluding hydrogens is 321 g/mol. The van der Waals surface area contributed by atoms with Crippen LogP contribution in [0.5, 0.6) is 0 Å². The zero-order valence-electron chi connectivity index (χ0n) is 13.6. The lowest BCUT2D eigenvalue weighted by Gasteiger charge is -2.07. The SMILES string of the molecule is O=C(CCCc1ccccc1)NCc1nnnn1-c1cccc(F)c1. The fraction of sp³-hybridized carbons (Fsp3) is 0.222. The molecule has 1 aromatic heterocycles. The molecule has 1 amide bonds. The van der Waals surface area contributed by atoms with Gasteiger partial charge in [0.15, 0.2) is 5.82 Å². The van der Waals surface area contributed by atoms with Crippen LogP contribution in [-0.4, -0.2) is 26.1 Å². The lowest BCUT2D eigenvalue weighted by Crippen LogP contribution is -2.24. The van der Waals surface area contributed by atoms with Crippen molar-refractivity contribution < 1.29 is 9.18 Å². The summed E-state index contributed by atoms with van der Waals surface area (Å²) in [6.45, 7) is 0.188. The van der Waals surface area contributed by atoms with E-state index < -0.39 is 0 Å². The highest BCUT2D eigenvalue weighted by Crippen LogP contribution is 2.10. The van der Waals surface area contributed by atoms with Crippen molar-refractivity contribution in [3.8, 4) is 5.69 Å². The first-order chi connectivity index (χ1) is 12.2. The molecule has 0 atom stereocenters. The number of rotatable bonds is 7. The molecule has 0 bridgehead atoms. The van der Waals surface area contributed by atoms with Gasteiger partial charge in [-0.15, -0.1) is 5.10 Å².